The van der Waals surface area contributed by atoms with Crippen molar-refractivity contribution >= 4 is 0 Å². The standard InChI is InChI=1S/C18H13N3O/c1-22-17-11-20-18(21-12-17)16-8-6-15(7-9-16)14-4-2-13(10-19)3-5-14/h2-9,11-12H,1H3. The van der Waals surface area contributed by atoms with E-state index in [1.807, 2.05) is 48.5 Å². The van der Waals surface area contributed by atoms with Crippen molar-refractivity contribution in [3.05, 3.63) is 66.5 Å². The molecule has 3 aromatic rings. The number of hydrogen-bond acceptors (Lipinski definition) is 4. The van der Waals surface area contributed by atoms with Crippen LogP contribution in [0.1, 0.15) is 5.56 Å². The fourth-order valence-electron chi connectivity index (χ4n) is 2.12. The van der Waals surface area contributed by atoms with Gasteiger partial charge in [0.05, 0.1) is 31.1 Å². The SMILES string of the molecule is COc1cnc(-c2ccc(-c3ccc(C#N)cc3)cc2)nc1. The Balaban J connectivity index is 1.86. The van der Waals surface area contributed by atoms with Gasteiger partial charge in [-0.05, 0) is 23.3 Å². The van der Waals surface area contributed by atoms with Crippen molar-refractivity contribution in [2.75, 3.05) is 7.11 Å². The molecule has 4 nitrogen and oxygen atoms in total. The summed E-state index contributed by atoms with van der Waals surface area (Å²) in [5.74, 6) is 1.30. The van der Waals surface area contributed by atoms with Crippen LogP contribution in [0.3, 0.4) is 0 Å². The highest BCUT2D eigenvalue weighted by Crippen LogP contribution is 2.23. The summed E-state index contributed by atoms with van der Waals surface area (Å²) in [4.78, 5) is 8.55. The molecule has 0 N–H and O–H groups in total. The smallest absolute Gasteiger partial charge is 0.159 e. The molecule has 0 aliphatic rings. The molecule has 0 fully saturated rings. The molecule has 0 atom stereocenters. The second-order valence-electron chi connectivity index (χ2n) is 4.71. The first-order valence-corrected chi connectivity index (χ1v) is 6.77. The van der Waals surface area contributed by atoms with E-state index in [2.05, 4.69) is 16.0 Å². The van der Waals surface area contributed by atoms with Gasteiger partial charge in [-0.25, -0.2) is 9.97 Å². The first kappa shape index (κ1) is 13.8. The Hall–Kier alpha value is -3.19. The highest BCUT2D eigenvalue weighted by Gasteiger charge is 2.03. The molecule has 0 spiro atoms. The number of hydrogen-bond donors (Lipinski definition) is 0. The molecule has 106 valence electrons. The lowest BCUT2D eigenvalue weighted by molar-refractivity contribution is 0.411. The van der Waals surface area contributed by atoms with E-state index in [1.54, 1.807) is 19.5 Å². The Morgan fingerprint density at radius 2 is 1.32 bits per heavy atom. The largest absolute Gasteiger partial charge is 0.494 e. The molecule has 3 rings (SSSR count). The second kappa shape index (κ2) is 6.06. The normalized spacial score (nSPS) is 10.0. The van der Waals surface area contributed by atoms with Gasteiger partial charge in [0.15, 0.2) is 11.6 Å². The quantitative estimate of drug-likeness (QED) is 0.737. The lowest BCUT2D eigenvalue weighted by Crippen LogP contribution is -1.91. The minimum Gasteiger partial charge on any atom is -0.494 e. The predicted octanol–water partition coefficient (Wildman–Crippen LogP) is 3.69. The number of ether oxygens (including phenoxy) is 1. The number of nitriles is 1. The average Bonchev–Trinajstić information content (AvgIpc) is 2.62. The van der Waals surface area contributed by atoms with Crippen LogP contribution >= 0.6 is 0 Å². The fourth-order valence-corrected chi connectivity index (χ4v) is 2.12. The van der Waals surface area contributed by atoms with Gasteiger partial charge in [-0.2, -0.15) is 5.26 Å². The van der Waals surface area contributed by atoms with Crippen molar-refractivity contribution in [1.82, 2.24) is 9.97 Å². The fraction of sp³-hybridized carbons (Fsp3) is 0.0556. The van der Waals surface area contributed by atoms with Crippen LogP contribution in [-0.2, 0) is 0 Å². The molecule has 0 saturated carbocycles. The van der Waals surface area contributed by atoms with Crippen LogP contribution in [0.25, 0.3) is 22.5 Å². The minimum absolute atomic E-state index is 0.637. The van der Waals surface area contributed by atoms with Gasteiger partial charge in [0.25, 0.3) is 0 Å². The van der Waals surface area contributed by atoms with Gasteiger partial charge < -0.3 is 4.74 Å². The lowest BCUT2D eigenvalue weighted by Gasteiger charge is -2.05. The first-order valence-electron chi connectivity index (χ1n) is 6.77. The topological polar surface area (TPSA) is 58.8 Å². The maximum atomic E-state index is 8.83. The molecule has 0 aliphatic carbocycles. The van der Waals surface area contributed by atoms with E-state index in [9.17, 15) is 0 Å². The third kappa shape index (κ3) is 2.79. The Morgan fingerprint density at radius 1 is 0.818 bits per heavy atom. The van der Waals surface area contributed by atoms with Crippen LogP contribution in [0, 0.1) is 11.3 Å². The summed E-state index contributed by atoms with van der Waals surface area (Å²) in [6.45, 7) is 0. The average molecular weight is 287 g/mol. The zero-order chi connectivity index (χ0) is 15.4. The molecule has 4 heteroatoms. The molecule has 0 aliphatic heterocycles. The zero-order valence-electron chi connectivity index (χ0n) is 12.0. The molecular weight excluding hydrogens is 274 g/mol. The summed E-state index contributed by atoms with van der Waals surface area (Å²) in [6, 6.07) is 17.6. The maximum absolute atomic E-state index is 8.83. The summed E-state index contributed by atoms with van der Waals surface area (Å²) in [7, 11) is 1.59. The van der Waals surface area contributed by atoms with E-state index in [-0.39, 0.29) is 0 Å². The van der Waals surface area contributed by atoms with Crippen LogP contribution in [0.5, 0.6) is 5.75 Å². The van der Waals surface area contributed by atoms with E-state index in [1.165, 1.54) is 0 Å². The minimum atomic E-state index is 0.637. The van der Waals surface area contributed by atoms with Crippen molar-refractivity contribution in [3.8, 4) is 34.3 Å². The third-order valence-corrected chi connectivity index (χ3v) is 3.35. The Bertz CT molecular complexity index is 801. The number of rotatable bonds is 3. The van der Waals surface area contributed by atoms with E-state index in [4.69, 9.17) is 10.00 Å². The molecule has 0 radical (unpaired) electrons. The summed E-state index contributed by atoms with van der Waals surface area (Å²) < 4.78 is 5.05. The van der Waals surface area contributed by atoms with Crippen molar-refractivity contribution in [1.29, 1.82) is 5.26 Å². The molecule has 2 aromatic carbocycles. The van der Waals surface area contributed by atoms with E-state index < -0.39 is 0 Å². The maximum Gasteiger partial charge on any atom is 0.159 e. The van der Waals surface area contributed by atoms with Crippen molar-refractivity contribution in [2.24, 2.45) is 0 Å². The summed E-state index contributed by atoms with van der Waals surface area (Å²) in [5.41, 5.74) is 3.76. The van der Waals surface area contributed by atoms with Gasteiger partial charge in [0, 0.05) is 5.56 Å². The molecular formula is C18H13N3O. The van der Waals surface area contributed by atoms with E-state index >= 15 is 0 Å². The molecule has 0 unspecified atom stereocenters. The van der Waals surface area contributed by atoms with E-state index in [0.29, 0.717) is 17.1 Å². The summed E-state index contributed by atoms with van der Waals surface area (Å²) in [5, 5.41) is 8.83. The van der Waals surface area contributed by atoms with Crippen molar-refractivity contribution in [2.45, 2.75) is 0 Å². The summed E-state index contributed by atoms with van der Waals surface area (Å²) in [6.07, 6.45) is 3.30. The van der Waals surface area contributed by atoms with Crippen LogP contribution in [0.2, 0.25) is 0 Å². The molecule has 0 bridgehead atoms. The highest BCUT2D eigenvalue weighted by atomic mass is 16.5. The number of nitrogens with zero attached hydrogens (tertiary/aromatic N) is 3. The first-order chi connectivity index (χ1) is 10.8. The summed E-state index contributed by atoms with van der Waals surface area (Å²) >= 11 is 0. The Morgan fingerprint density at radius 3 is 1.82 bits per heavy atom. The van der Waals surface area contributed by atoms with Crippen LogP contribution in [0.15, 0.2) is 60.9 Å². The Kier molecular flexibility index (Phi) is 3.80. The monoisotopic (exact) mass is 287 g/mol. The molecule has 1 heterocycles. The highest BCUT2D eigenvalue weighted by molar-refractivity contribution is 5.68. The van der Waals surface area contributed by atoms with Gasteiger partial charge in [0.2, 0.25) is 0 Å². The van der Waals surface area contributed by atoms with Gasteiger partial charge in [0.1, 0.15) is 0 Å². The molecule has 0 amide bonds. The third-order valence-electron chi connectivity index (χ3n) is 3.35. The molecule has 0 saturated heterocycles. The van der Waals surface area contributed by atoms with Crippen LogP contribution < -0.4 is 4.74 Å². The van der Waals surface area contributed by atoms with Crippen molar-refractivity contribution < 1.29 is 4.74 Å². The number of aromatic nitrogens is 2. The Labute approximate surface area is 128 Å². The van der Waals surface area contributed by atoms with Gasteiger partial charge in [-0.3, -0.25) is 0 Å². The van der Waals surface area contributed by atoms with Crippen LogP contribution in [-0.4, -0.2) is 17.1 Å². The molecule has 1 aromatic heterocycles. The second-order valence-corrected chi connectivity index (χ2v) is 4.71. The molecule has 22 heavy (non-hydrogen) atoms. The zero-order valence-corrected chi connectivity index (χ0v) is 12.0. The number of methoxy groups -OCH3 is 1. The van der Waals surface area contributed by atoms with Crippen LogP contribution in [0.4, 0.5) is 0 Å². The van der Waals surface area contributed by atoms with Gasteiger partial charge >= 0.3 is 0 Å². The van der Waals surface area contributed by atoms with Crippen molar-refractivity contribution in [3.63, 3.8) is 0 Å². The lowest BCUT2D eigenvalue weighted by atomic mass is 10.0. The number of benzene rings is 2. The predicted molar refractivity (Wildman–Crippen MR) is 84.2 cm³/mol. The van der Waals surface area contributed by atoms with Gasteiger partial charge in [-0.1, -0.05) is 36.4 Å². The van der Waals surface area contributed by atoms with Gasteiger partial charge in [-0.15, -0.1) is 0 Å². The van der Waals surface area contributed by atoms with E-state index in [0.717, 1.165) is 16.7 Å².